The van der Waals surface area contributed by atoms with Crippen molar-refractivity contribution in [2.75, 3.05) is 13.2 Å². The maximum absolute atomic E-state index is 13.6. The lowest BCUT2D eigenvalue weighted by Crippen LogP contribution is -2.64. The molecule has 4 atom stereocenters. The predicted octanol–water partition coefficient (Wildman–Crippen LogP) is 3.22. The summed E-state index contributed by atoms with van der Waals surface area (Å²) in [7, 11) is 0. The maximum atomic E-state index is 13.6. The van der Waals surface area contributed by atoms with Crippen LogP contribution in [0.4, 0.5) is 4.39 Å². The molecule has 6 heteroatoms. The Balaban J connectivity index is 1.37. The summed E-state index contributed by atoms with van der Waals surface area (Å²) in [5.74, 6) is 0.456. The monoisotopic (exact) mass is 375 g/mol. The molecule has 0 spiro atoms. The highest BCUT2D eigenvalue weighted by Gasteiger charge is 2.61. The second-order valence-corrected chi connectivity index (χ2v) is 8.62. The summed E-state index contributed by atoms with van der Waals surface area (Å²) in [6.45, 7) is 1.76. The number of hydrogen-bond acceptors (Lipinski definition) is 4. The standard InChI is InChI=1S/C21H26FNO4/c1-14(24)23-21-11-15-8-16(12-21)10-20(9-15,13-21)19(25)27-7-6-26-18-5-3-2-4-17(18)22/h2-5,15-16H,6-13H2,1H3,(H,23,24)/t15-,16+,20?,21?. The lowest BCUT2D eigenvalue weighted by Gasteiger charge is -2.60. The summed E-state index contributed by atoms with van der Waals surface area (Å²) in [5.41, 5.74) is -0.747. The van der Waals surface area contributed by atoms with Crippen molar-refractivity contribution in [3.63, 3.8) is 0 Å². The van der Waals surface area contributed by atoms with Crippen LogP contribution in [0.3, 0.4) is 0 Å². The molecular weight excluding hydrogens is 349 g/mol. The van der Waals surface area contributed by atoms with Gasteiger partial charge in [0.25, 0.3) is 0 Å². The number of ether oxygens (including phenoxy) is 2. The summed E-state index contributed by atoms with van der Waals surface area (Å²) in [5, 5.41) is 3.15. The van der Waals surface area contributed by atoms with E-state index in [-0.39, 0.29) is 36.4 Å². The molecule has 0 heterocycles. The molecule has 0 saturated heterocycles. The molecule has 1 aromatic carbocycles. The molecule has 27 heavy (non-hydrogen) atoms. The molecule has 0 aliphatic heterocycles. The van der Waals surface area contributed by atoms with E-state index in [0.29, 0.717) is 18.3 Å². The third-order valence-electron chi connectivity index (χ3n) is 6.35. The normalized spacial score (nSPS) is 33.6. The lowest BCUT2D eigenvalue weighted by atomic mass is 9.47. The summed E-state index contributed by atoms with van der Waals surface area (Å²) in [4.78, 5) is 24.6. The van der Waals surface area contributed by atoms with Gasteiger partial charge in [0.15, 0.2) is 11.6 Å². The Kier molecular flexibility index (Phi) is 4.60. The second kappa shape index (κ2) is 6.80. The highest BCUT2D eigenvalue weighted by atomic mass is 19.1. The highest BCUT2D eigenvalue weighted by Crippen LogP contribution is 2.62. The Bertz CT molecular complexity index is 735. The number of amides is 1. The number of rotatable bonds is 6. The molecular formula is C21H26FNO4. The maximum Gasteiger partial charge on any atom is 0.312 e. The fourth-order valence-corrected chi connectivity index (χ4v) is 6.02. The molecule has 5 rings (SSSR count). The van der Waals surface area contributed by atoms with E-state index >= 15 is 0 Å². The first-order valence-electron chi connectivity index (χ1n) is 9.73. The molecule has 0 radical (unpaired) electrons. The number of hydrogen-bond donors (Lipinski definition) is 1. The third-order valence-corrected chi connectivity index (χ3v) is 6.35. The molecule has 4 aliphatic rings. The number of para-hydroxylation sites is 1. The van der Waals surface area contributed by atoms with Gasteiger partial charge in [0.05, 0.1) is 5.41 Å². The average Bonchev–Trinajstić information content (AvgIpc) is 2.57. The number of benzene rings is 1. The Hall–Kier alpha value is -2.11. The summed E-state index contributed by atoms with van der Waals surface area (Å²) in [6.07, 6.45) is 5.44. The molecule has 2 unspecified atom stereocenters. The lowest BCUT2D eigenvalue weighted by molar-refractivity contribution is -0.176. The van der Waals surface area contributed by atoms with E-state index in [2.05, 4.69) is 5.32 Å². The Morgan fingerprint density at radius 1 is 1.15 bits per heavy atom. The smallest absolute Gasteiger partial charge is 0.312 e. The first-order valence-corrected chi connectivity index (χ1v) is 9.73. The second-order valence-electron chi connectivity index (χ2n) is 8.62. The van der Waals surface area contributed by atoms with Gasteiger partial charge in [-0.15, -0.1) is 0 Å². The fourth-order valence-electron chi connectivity index (χ4n) is 6.02. The molecule has 1 N–H and O–H groups in total. The van der Waals surface area contributed by atoms with Crippen molar-refractivity contribution >= 4 is 11.9 Å². The van der Waals surface area contributed by atoms with Gasteiger partial charge in [0.1, 0.15) is 13.2 Å². The van der Waals surface area contributed by atoms with Crippen molar-refractivity contribution in [2.24, 2.45) is 17.3 Å². The van der Waals surface area contributed by atoms with Gasteiger partial charge in [0, 0.05) is 12.5 Å². The Morgan fingerprint density at radius 3 is 2.52 bits per heavy atom. The SMILES string of the molecule is CC(=O)NC12C[C@H]3C[C@@H](C1)CC(C(=O)OCCOc1ccccc1F)(C3)C2. The van der Waals surface area contributed by atoms with E-state index in [4.69, 9.17) is 9.47 Å². The zero-order chi connectivity index (χ0) is 19.1. The largest absolute Gasteiger partial charge is 0.487 e. The van der Waals surface area contributed by atoms with Crippen LogP contribution in [0.1, 0.15) is 45.4 Å². The molecule has 0 aromatic heterocycles. The van der Waals surface area contributed by atoms with Crippen LogP contribution in [0, 0.1) is 23.1 Å². The van der Waals surface area contributed by atoms with Crippen LogP contribution in [-0.2, 0) is 14.3 Å². The molecule has 146 valence electrons. The van der Waals surface area contributed by atoms with Crippen molar-refractivity contribution in [2.45, 2.75) is 51.0 Å². The van der Waals surface area contributed by atoms with Gasteiger partial charge in [-0.25, -0.2) is 4.39 Å². The van der Waals surface area contributed by atoms with Crippen molar-refractivity contribution in [1.29, 1.82) is 0 Å². The predicted molar refractivity (Wildman–Crippen MR) is 96.5 cm³/mol. The van der Waals surface area contributed by atoms with Gasteiger partial charge >= 0.3 is 5.97 Å². The highest BCUT2D eigenvalue weighted by molar-refractivity contribution is 5.79. The number of halogens is 1. The van der Waals surface area contributed by atoms with Crippen molar-refractivity contribution in [1.82, 2.24) is 5.32 Å². The van der Waals surface area contributed by atoms with Crippen molar-refractivity contribution in [3.8, 4) is 5.75 Å². The van der Waals surface area contributed by atoms with Crippen LogP contribution in [0.2, 0.25) is 0 Å². The van der Waals surface area contributed by atoms with Crippen molar-refractivity contribution in [3.05, 3.63) is 30.1 Å². The van der Waals surface area contributed by atoms with E-state index in [0.717, 1.165) is 32.1 Å². The van der Waals surface area contributed by atoms with Crippen LogP contribution in [0.5, 0.6) is 5.75 Å². The van der Waals surface area contributed by atoms with Crippen molar-refractivity contribution < 1.29 is 23.5 Å². The summed E-state index contributed by atoms with van der Waals surface area (Å²) < 4.78 is 24.5. The number of carbonyl (C=O) groups excluding carboxylic acids is 2. The molecule has 4 aliphatic carbocycles. The third kappa shape index (κ3) is 3.54. The van der Waals surface area contributed by atoms with Gasteiger partial charge in [-0.2, -0.15) is 0 Å². The van der Waals surface area contributed by atoms with Crippen LogP contribution in [0.25, 0.3) is 0 Å². The molecule has 1 amide bonds. The minimum absolute atomic E-state index is 0.0289. The average molecular weight is 375 g/mol. The first-order chi connectivity index (χ1) is 12.9. The zero-order valence-electron chi connectivity index (χ0n) is 15.6. The van der Waals surface area contributed by atoms with Gasteiger partial charge in [0.2, 0.25) is 5.91 Å². The quantitative estimate of drug-likeness (QED) is 0.612. The summed E-state index contributed by atoms with van der Waals surface area (Å²) >= 11 is 0. The molecule has 4 saturated carbocycles. The zero-order valence-corrected chi connectivity index (χ0v) is 15.6. The molecule has 1 aromatic rings. The molecule has 5 nitrogen and oxygen atoms in total. The number of carbonyl (C=O) groups is 2. The Morgan fingerprint density at radius 2 is 1.85 bits per heavy atom. The van der Waals surface area contributed by atoms with E-state index < -0.39 is 11.2 Å². The minimum Gasteiger partial charge on any atom is -0.487 e. The van der Waals surface area contributed by atoms with Gasteiger partial charge < -0.3 is 14.8 Å². The van der Waals surface area contributed by atoms with Crippen LogP contribution < -0.4 is 10.1 Å². The summed E-state index contributed by atoms with van der Waals surface area (Å²) in [6, 6.07) is 6.17. The minimum atomic E-state index is -0.496. The molecule has 4 bridgehead atoms. The number of esters is 1. The van der Waals surface area contributed by atoms with E-state index in [9.17, 15) is 14.0 Å². The van der Waals surface area contributed by atoms with E-state index in [1.54, 1.807) is 25.1 Å². The van der Waals surface area contributed by atoms with Gasteiger partial charge in [-0.3, -0.25) is 9.59 Å². The number of nitrogens with one attached hydrogen (secondary N) is 1. The van der Waals surface area contributed by atoms with Crippen LogP contribution in [-0.4, -0.2) is 30.6 Å². The van der Waals surface area contributed by atoms with Crippen LogP contribution >= 0.6 is 0 Å². The topological polar surface area (TPSA) is 64.6 Å². The van der Waals surface area contributed by atoms with Gasteiger partial charge in [-0.1, -0.05) is 12.1 Å². The van der Waals surface area contributed by atoms with Gasteiger partial charge in [-0.05, 0) is 62.5 Å². The van der Waals surface area contributed by atoms with E-state index in [1.165, 1.54) is 6.07 Å². The fraction of sp³-hybridized carbons (Fsp3) is 0.619. The Labute approximate surface area is 158 Å². The molecule has 4 fully saturated rings. The van der Waals surface area contributed by atoms with Crippen LogP contribution in [0.15, 0.2) is 24.3 Å². The first kappa shape index (κ1) is 18.3. The van der Waals surface area contributed by atoms with E-state index in [1.807, 2.05) is 0 Å².